The second-order valence-corrected chi connectivity index (χ2v) is 6.62. The van der Waals surface area contributed by atoms with Crippen LogP contribution >= 0.6 is 23.1 Å². The van der Waals surface area contributed by atoms with Crippen LogP contribution in [0, 0.1) is 13.8 Å². The average Bonchev–Trinajstić information content (AvgIpc) is 3.06. The molecule has 0 atom stereocenters. The molecule has 8 heteroatoms. The molecule has 0 saturated carbocycles. The van der Waals surface area contributed by atoms with Crippen molar-refractivity contribution < 1.29 is 14.7 Å². The van der Waals surface area contributed by atoms with Gasteiger partial charge in [-0.25, -0.2) is 4.98 Å². The Morgan fingerprint density at radius 1 is 1.45 bits per heavy atom. The number of nitrogens with one attached hydrogen (secondary N) is 1. The summed E-state index contributed by atoms with van der Waals surface area (Å²) in [5.41, 5.74) is 2.43. The highest BCUT2D eigenvalue weighted by Crippen LogP contribution is 2.22. The number of aliphatic carboxylic acids is 1. The number of aromatic nitrogens is 2. The molecule has 22 heavy (non-hydrogen) atoms. The van der Waals surface area contributed by atoms with Crippen LogP contribution in [0.4, 0.5) is 0 Å². The molecule has 0 fully saturated rings. The zero-order valence-electron chi connectivity index (χ0n) is 12.3. The molecule has 2 heterocycles. The molecule has 0 spiro atoms. The van der Waals surface area contributed by atoms with Crippen LogP contribution < -0.4 is 5.32 Å². The Hall–Kier alpha value is -1.80. The van der Waals surface area contributed by atoms with Gasteiger partial charge in [-0.1, -0.05) is 0 Å². The van der Waals surface area contributed by atoms with Gasteiger partial charge in [0.25, 0.3) is 5.91 Å². The van der Waals surface area contributed by atoms with Crippen LogP contribution in [0.2, 0.25) is 0 Å². The van der Waals surface area contributed by atoms with Crippen molar-refractivity contribution in [1.82, 2.24) is 14.9 Å². The van der Waals surface area contributed by atoms with Crippen LogP contribution in [-0.2, 0) is 4.79 Å². The van der Waals surface area contributed by atoms with E-state index in [1.807, 2.05) is 29.9 Å². The number of hydrogen-bond donors (Lipinski definition) is 2. The van der Waals surface area contributed by atoms with Gasteiger partial charge in [-0.15, -0.1) is 23.1 Å². The quantitative estimate of drug-likeness (QED) is 0.755. The lowest BCUT2D eigenvalue weighted by Crippen LogP contribution is -2.26. The van der Waals surface area contributed by atoms with Crippen LogP contribution in [0.25, 0.3) is 5.13 Å². The SMILES string of the molecule is Cc1cc(C(=O)NCCSCC(=O)O)c(C)n1-c1nccs1. The number of amides is 1. The molecule has 0 aliphatic heterocycles. The molecule has 0 saturated heterocycles. The van der Waals surface area contributed by atoms with Crippen LogP contribution in [0.3, 0.4) is 0 Å². The molecule has 0 aromatic carbocycles. The number of carboxylic acids is 1. The van der Waals surface area contributed by atoms with Gasteiger partial charge in [-0.3, -0.25) is 14.2 Å². The van der Waals surface area contributed by atoms with Crippen LogP contribution in [-0.4, -0.2) is 44.6 Å². The third kappa shape index (κ3) is 3.89. The smallest absolute Gasteiger partial charge is 0.313 e. The molecular formula is C14H17N3O3S2. The van der Waals surface area contributed by atoms with E-state index < -0.39 is 5.97 Å². The average molecular weight is 339 g/mol. The number of thiazole rings is 1. The lowest BCUT2D eigenvalue weighted by Gasteiger charge is -2.06. The van der Waals surface area contributed by atoms with Crippen molar-refractivity contribution in [2.75, 3.05) is 18.1 Å². The van der Waals surface area contributed by atoms with Gasteiger partial charge in [0.2, 0.25) is 0 Å². The molecule has 0 bridgehead atoms. The number of nitrogens with zero attached hydrogens (tertiary/aromatic N) is 2. The monoisotopic (exact) mass is 339 g/mol. The molecule has 0 unspecified atom stereocenters. The van der Waals surface area contributed by atoms with E-state index >= 15 is 0 Å². The lowest BCUT2D eigenvalue weighted by molar-refractivity contribution is -0.133. The van der Waals surface area contributed by atoms with E-state index in [1.54, 1.807) is 6.20 Å². The summed E-state index contributed by atoms with van der Waals surface area (Å²) in [6.07, 6.45) is 1.73. The standard InChI is InChI=1S/C14H17N3O3S2/c1-9-7-11(10(2)17(9)14-16-4-6-22-14)13(20)15-3-5-21-8-12(18)19/h4,6-7H,3,5,8H2,1-2H3,(H,15,20)(H,18,19). The lowest BCUT2D eigenvalue weighted by atomic mass is 10.2. The predicted octanol–water partition coefficient (Wildman–Crippen LogP) is 2.10. The third-order valence-corrected chi connectivity index (χ3v) is 4.74. The number of hydrogen-bond acceptors (Lipinski definition) is 5. The molecule has 2 aromatic rings. The summed E-state index contributed by atoms with van der Waals surface area (Å²) in [5, 5.41) is 14.1. The summed E-state index contributed by atoms with van der Waals surface area (Å²) in [6.45, 7) is 4.27. The first-order valence-corrected chi connectivity index (χ1v) is 8.70. The van der Waals surface area contributed by atoms with E-state index in [1.165, 1.54) is 23.1 Å². The van der Waals surface area contributed by atoms with Crippen LogP contribution in [0.5, 0.6) is 0 Å². The molecule has 6 nitrogen and oxygen atoms in total. The third-order valence-electron chi connectivity index (χ3n) is 3.04. The van der Waals surface area contributed by atoms with Crippen molar-refractivity contribution >= 4 is 35.0 Å². The number of carbonyl (C=O) groups is 2. The van der Waals surface area contributed by atoms with Gasteiger partial charge in [0.05, 0.1) is 11.3 Å². The topological polar surface area (TPSA) is 84.2 Å². The molecular weight excluding hydrogens is 322 g/mol. The Balaban J connectivity index is 1.99. The number of aryl methyl sites for hydroxylation is 1. The Bertz CT molecular complexity index is 665. The number of carbonyl (C=O) groups excluding carboxylic acids is 1. The van der Waals surface area contributed by atoms with Gasteiger partial charge in [-0.2, -0.15) is 0 Å². The van der Waals surface area contributed by atoms with E-state index in [9.17, 15) is 9.59 Å². The molecule has 2 rings (SSSR count). The van der Waals surface area contributed by atoms with Crippen LogP contribution in [0.15, 0.2) is 17.6 Å². The number of carboxylic acid groups (broad SMARTS) is 1. The van der Waals surface area contributed by atoms with Gasteiger partial charge >= 0.3 is 5.97 Å². The second kappa shape index (κ2) is 7.46. The van der Waals surface area contributed by atoms with Crippen molar-refractivity contribution in [1.29, 1.82) is 0 Å². The summed E-state index contributed by atoms with van der Waals surface area (Å²) in [4.78, 5) is 26.9. The van der Waals surface area contributed by atoms with Gasteiger partial charge in [0.15, 0.2) is 5.13 Å². The maximum Gasteiger partial charge on any atom is 0.313 e. The van der Waals surface area contributed by atoms with Crippen molar-refractivity contribution in [2.45, 2.75) is 13.8 Å². The Kier molecular flexibility index (Phi) is 5.62. The maximum atomic E-state index is 12.2. The summed E-state index contributed by atoms with van der Waals surface area (Å²) in [5.74, 6) is -0.368. The van der Waals surface area contributed by atoms with Crippen molar-refractivity contribution in [3.8, 4) is 5.13 Å². The summed E-state index contributed by atoms with van der Waals surface area (Å²) in [6, 6.07) is 1.84. The minimum absolute atomic E-state index is 0.0500. The largest absolute Gasteiger partial charge is 0.481 e. The van der Waals surface area contributed by atoms with E-state index in [-0.39, 0.29) is 11.7 Å². The van der Waals surface area contributed by atoms with E-state index in [2.05, 4.69) is 10.3 Å². The van der Waals surface area contributed by atoms with E-state index in [0.29, 0.717) is 17.9 Å². The van der Waals surface area contributed by atoms with Crippen molar-refractivity contribution in [3.05, 3.63) is 34.6 Å². The Morgan fingerprint density at radius 2 is 2.23 bits per heavy atom. The fraction of sp³-hybridized carbons (Fsp3) is 0.357. The van der Waals surface area contributed by atoms with Crippen molar-refractivity contribution in [2.24, 2.45) is 0 Å². The zero-order chi connectivity index (χ0) is 16.1. The molecule has 0 aliphatic rings. The highest BCUT2D eigenvalue weighted by Gasteiger charge is 2.17. The summed E-state index contributed by atoms with van der Waals surface area (Å²) in [7, 11) is 0. The van der Waals surface area contributed by atoms with E-state index in [0.717, 1.165) is 16.5 Å². The van der Waals surface area contributed by atoms with Gasteiger partial charge < -0.3 is 10.4 Å². The first-order valence-electron chi connectivity index (χ1n) is 6.67. The second-order valence-electron chi connectivity index (χ2n) is 4.64. The molecule has 1 amide bonds. The van der Waals surface area contributed by atoms with E-state index in [4.69, 9.17) is 5.11 Å². The number of rotatable bonds is 7. The van der Waals surface area contributed by atoms with Crippen molar-refractivity contribution in [3.63, 3.8) is 0 Å². The highest BCUT2D eigenvalue weighted by molar-refractivity contribution is 7.99. The summed E-state index contributed by atoms with van der Waals surface area (Å²) >= 11 is 2.80. The fourth-order valence-electron chi connectivity index (χ4n) is 2.10. The Morgan fingerprint density at radius 3 is 2.86 bits per heavy atom. The molecule has 0 radical (unpaired) electrons. The normalized spacial score (nSPS) is 10.6. The predicted molar refractivity (Wildman–Crippen MR) is 88.2 cm³/mol. The first-order chi connectivity index (χ1) is 10.5. The van der Waals surface area contributed by atoms with Crippen LogP contribution in [0.1, 0.15) is 21.7 Å². The minimum atomic E-state index is -0.844. The fourth-order valence-corrected chi connectivity index (χ4v) is 3.42. The summed E-state index contributed by atoms with van der Waals surface area (Å²) < 4.78 is 1.96. The molecule has 2 aromatic heterocycles. The zero-order valence-corrected chi connectivity index (χ0v) is 14.0. The molecule has 0 aliphatic carbocycles. The minimum Gasteiger partial charge on any atom is -0.481 e. The highest BCUT2D eigenvalue weighted by atomic mass is 32.2. The Labute approximate surface area is 136 Å². The van der Waals surface area contributed by atoms with Gasteiger partial charge in [0.1, 0.15) is 0 Å². The molecule has 118 valence electrons. The van der Waals surface area contributed by atoms with Gasteiger partial charge in [0, 0.05) is 35.3 Å². The maximum absolute atomic E-state index is 12.2. The first kappa shape index (κ1) is 16.6. The molecule has 2 N–H and O–H groups in total. The number of thioether (sulfide) groups is 1. The van der Waals surface area contributed by atoms with Gasteiger partial charge in [-0.05, 0) is 19.9 Å².